The molecule has 108 valence electrons. The number of anilines is 1. The van der Waals surface area contributed by atoms with E-state index in [4.69, 9.17) is 15.2 Å². The topological polar surface area (TPSA) is 62.3 Å². The molecule has 0 saturated heterocycles. The first-order valence-electron chi connectivity index (χ1n) is 6.73. The summed E-state index contributed by atoms with van der Waals surface area (Å²) < 4.78 is 12.6. The summed E-state index contributed by atoms with van der Waals surface area (Å²) in [6.45, 7) is 5.69. The molecule has 0 aliphatic carbocycles. The number of nitrogens with two attached hydrogens (primary N) is 1. The monoisotopic (exact) mass is 275 g/mol. The van der Waals surface area contributed by atoms with E-state index in [1.807, 2.05) is 38.2 Å². The van der Waals surface area contributed by atoms with Crippen LogP contribution in [0, 0.1) is 6.92 Å². The highest BCUT2D eigenvalue weighted by Gasteiger charge is 2.17. The molecule has 1 aromatic heterocycles. The summed E-state index contributed by atoms with van der Waals surface area (Å²) in [4.78, 5) is 0. The van der Waals surface area contributed by atoms with Crippen molar-refractivity contribution in [1.29, 1.82) is 0 Å². The average Bonchev–Trinajstić information content (AvgIpc) is 2.72. The van der Waals surface area contributed by atoms with Crippen LogP contribution in [0.3, 0.4) is 0 Å². The second-order valence-electron chi connectivity index (χ2n) is 4.60. The Labute approximate surface area is 119 Å². The van der Waals surface area contributed by atoms with Gasteiger partial charge in [-0.2, -0.15) is 0 Å². The molecule has 5 heteroatoms. The number of aryl methyl sites for hydroxylation is 2. The zero-order valence-corrected chi connectivity index (χ0v) is 12.2. The Morgan fingerprint density at radius 2 is 1.90 bits per heavy atom. The second kappa shape index (κ2) is 6.43. The third-order valence-corrected chi connectivity index (χ3v) is 3.07. The number of hydrogen-bond donors (Lipinski definition) is 1. The molecule has 2 rings (SSSR count). The van der Waals surface area contributed by atoms with Crippen LogP contribution in [0.5, 0.6) is 5.88 Å². The van der Waals surface area contributed by atoms with E-state index in [1.54, 1.807) is 4.68 Å². The Bertz CT molecular complexity index is 561. The molecule has 0 radical (unpaired) electrons. The number of aromatic nitrogens is 2. The van der Waals surface area contributed by atoms with Crippen molar-refractivity contribution in [2.45, 2.75) is 13.8 Å². The molecule has 0 amide bonds. The van der Waals surface area contributed by atoms with Crippen LogP contribution in [-0.2, 0) is 11.8 Å². The Morgan fingerprint density at radius 3 is 2.55 bits per heavy atom. The van der Waals surface area contributed by atoms with Crippen LogP contribution >= 0.6 is 0 Å². The van der Waals surface area contributed by atoms with Crippen molar-refractivity contribution in [2.24, 2.45) is 7.05 Å². The van der Waals surface area contributed by atoms with Crippen LogP contribution in [0.25, 0.3) is 11.1 Å². The van der Waals surface area contributed by atoms with Gasteiger partial charge in [0.2, 0.25) is 5.88 Å². The zero-order valence-electron chi connectivity index (χ0n) is 12.2. The van der Waals surface area contributed by atoms with Gasteiger partial charge in [0.15, 0.2) is 0 Å². The standard InChI is InChI=1S/C15H21N3O2/c1-4-19-9-10-20-15-13(14(16)18(3)17-15)12-7-5-11(2)6-8-12/h5-8H,4,9-10,16H2,1-3H3. The third-order valence-electron chi connectivity index (χ3n) is 3.07. The number of nitrogens with zero attached hydrogens (tertiary/aromatic N) is 2. The summed E-state index contributed by atoms with van der Waals surface area (Å²) in [6.07, 6.45) is 0. The van der Waals surface area contributed by atoms with Gasteiger partial charge < -0.3 is 15.2 Å². The highest BCUT2D eigenvalue weighted by atomic mass is 16.5. The van der Waals surface area contributed by atoms with Gasteiger partial charge in [0.05, 0.1) is 12.2 Å². The zero-order chi connectivity index (χ0) is 14.5. The summed E-state index contributed by atoms with van der Waals surface area (Å²) >= 11 is 0. The second-order valence-corrected chi connectivity index (χ2v) is 4.60. The molecule has 20 heavy (non-hydrogen) atoms. The lowest BCUT2D eigenvalue weighted by Crippen LogP contribution is -2.07. The average molecular weight is 275 g/mol. The largest absolute Gasteiger partial charge is 0.474 e. The van der Waals surface area contributed by atoms with Crippen molar-refractivity contribution < 1.29 is 9.47 Å². The molecule has 0 aliphatic rings. The molecule has 0 fully saturated rings. The van der Waals surface area contributed by atoms with Gasteiger partial charge >= 0.3 is 0 Å². The van der Waals surface area contributed by atoms with Crippen molar-refractivity contribution in [3.63, 3.8) is 0 Å². The first-order chi connectivity index (χ1) is 9.63. The van der Waals surface area contributed by atoms with Gasteiger partial charge in [-0.25, -0.2) is 4.68 Å². The molecular weight excluding hydrogens is 254 g/mol. The van der Waals surface area contributed by atoms with Crippen LogP contribution in [0.4, 0.5) is 5.82 Å². The van der Waals surface area contributed by atoms with Crippen molar-refractivity contribution in [3.05, 3.63) is 29.8 Å². The minimum Gasteiger partial charge on any atom is -0.474 e. The third kappa shape index (κ3) is 3.11. The van der Waals surface area contributed by atoms with E-state index in [1.165, 1.54) is 5.56 Å². The Balaban J connectivity index is 2.24. The van der Waals surface area contributed by atoms with Gasteiger partial charge in [-0.05, 0) is 19.4 Å². The van der Waals surface area contributed by atoms with Gasteiger partial charge in [-0.3, -0.25) is 0 Å². The summed E-state index contributed by atoms with van der Waals surface area (Å²) in [5.74, 6) is 1.15. The number of nitrogen functional groups attached to an aromatic ring is 1. The van der Waals surface area contributed by atoms with E-state index in [9.17, 15) is 0 Å². The number of benzene rings is 1. The number of ether oxygens (including phenoxy) is 2. The molecule has 0 bridgehead atoms. The molecule has 2 aromatic rings. The van der Waals surface area contributed by atoms with E-state index < -0.39 is 0 Å². The van der Waals surface area contributed by atoms with Crippen LogP contribution < -0.4 is 10.5 Å². The lowest BCUT2D eigenvalue weighted by Gasteiger charge is -2.07. The van der Waals surface area contributed by atoms with E-state index in [0.717, 1.165) is 11.1 Å². The summed E-state index contributed by atoms with van der Waals surface area (Å²) in [5, 5.41) is 4.32. The summed E-state index contributed by atoms with van der Waals surface area (Å²) in [7, 11) is 1.81. The highest BCUT2D eigenvalue weighted by Crippen LogP contribution is 2.34. The molecule has 0 spiro atoms. The van der Waals surface area contributed by atoms with Crippen molar-refractivity contribution in [1.82, 2.24) is 9.78 Å². The maximum atomic E-state index is 6.09. The van der Waals surface area contributed by atoms with Crippen molar-refractivity contribution >= 4 is 5.82 Å². The summed E-state index contributed by atoms with van der Waals surface area (Å²) in [6, 6.07) is 8.15. The molecule has 5 nitrogen and oxygen atoms in total. The predicted octanol–water partition coefficient (Wildman–Crippen LogP) is 2.39. The quantitative estimate of drug-likeness (QED) is 0.822. The van der Waals surface area contributed by atoms with Crippen LogP contribution in [0.2, 0.25) is 0 Å². The lowest BCUT2D eigenvalue weighted by atomic mass is 10.1. The minimum absolute atomic E-state index is 0.461. The number of hydrogen-bond acceptors (Lipinski definition) is 4. The van der Waals surface area contributed by atoms with Crippen LogP contribution in [0.15, 0.2) is 24.3 Å². The Kier molecular flexibility index (Phi) is 4.63. The van der Waals surface area contributed by atoms with E-state index in [-0.39, 0.29) is 0 Å². The van der Waals surface area contributed by atoms with Crippen LogP contribution in [0.1, 0.15) is 12.5 Å². The SMILES string of the molecule is CCOCCOc1nn(C)c(N)c1-c1ccc(C)cc1. The van der Waals surface area contributed by atoms with Gasteiger partial charge in [0.1, 0.15) is 12.4 Å². The summed E-state index contributed by atoms with van der Waals surface area (Å²) in [5.41, 5.74) is 9.14. The molecule has 2 N–H and O–H groups in total. The predicted molar refractivity (Wildman–Crippen MR) is 79.8 cm³/mol. The maximum Gasteiger partial charge on any atom is 0.243 e. The van der Waals surface area contributed by atoms with E-state index in [2.05, 4.69) is 12.0 Å². The maximum absolute atomic E-state index is 6.09. The van der Waals surface area contributed by atoms with Gasteiger partial charge in [0.25, 0.3) is 0 Å². The lowest BCUT2D eigenvalue weighted by molar-refractivity contribution is 0.108. The van der Waals surface area contributed by atoms with E-state index >= 15 is 0 Å². The normalized spacial score (nSPS) is 10.8. The molecule has 0 atom stereocenters. The molecule has 1 aromatic carbocycles. The smallest absolute Gasteiger partial charge is 0.243 e. The molecular formula is C15H21N3O2. The Morgan fingerprint density at radius 1 is 1.20 bits per heavy atom. The molecule has 1 heterocycles. The first kappa shape index (κ1) is 14.4. The fourth-order valence-electron chi connectivity index (χ4n) is 1.95. The molecule has 0 aliphatic heterocycles. The van der Waals surface area contributed by atoms with Crippen LogP contribution in [-0.4, -0.2) is 29.6 Å². The van der Waals surface area contributed by atoms with Crippen molar-refractivity contribution in [2.75, 3.05) is 25.6 Å². The Hall–Kier alpha value is -2.01. The van der Waals surface area contributed by atoms with Crippen molar-refractivity contribution in [3.8, 4) is 17.0 Å². The van der Waals surface area contributed by atoms with Gasteiger partial charge in [-0.15, -0.1) is 5.10 Å². The number of rotatable bonds is 6. The first-order valence-corrected chi connectivity index (χ1v) is 6.73. The van der Waals surface area contributed by atoms with Gasteiger partial charge in [-0.1, -0.05) is 29.8 Å². The highest BCUT2D eigenvalue weighted by molar-refractivity contribution is 5.79. The minimum atomic E-state index is 0.461. The van der Waals surface area contributed by atoms with E-state index in [0.29, 0.717) is 31.5 Å². The fourth-order valence-corrected chi connectivity index (χ4v) is 1.95. The van der Waals surface area contributed by atoms with Gasteiger partial charge in [0, 0.05) is 13.7 Å². The molecule has 0 unspecified atom stereocenters. The molecule has 0 saturated carbocycles. The fraction of sp³-hybridized carbons (Fsp3) is 0.400.